The van der Waals surface area contributed by atoms with E-state index in [4.69, 9.17) is 0 Å². The minimum atomic E-state index is -0.525. The Morgan fingerprint density at radius 1 is 0.274 bits per heavy atom. The summed E-state index contributed by atoms with van der Waals surface area (Å²) >= 11 is 0. The number of para-hydroxylation sites is 1. The van der Waals surface area contributed by atoms with Gasteiger partial charge >= 0.3 is 0 Å². The highest BCUT2D eigenvalue weighted by molar-refractivity contribution is 6.15. The van der Waals surface area contributed by atoms with Gasteiger partial charge < -0.3 is 4.90 Å². The zero-order chi connectivity index (χ0) is 41.0. The molecule has 0 aromatic heterocycles. The zero-order valence-corrected chi connectivity index (χ0v) is 34.1. The van der Waals surface area contributed by atoms with E-state index in [0.717, 1.165) is 17.1 Å². The Kier molecular flexibility index (Phi) is 8.47. The van der Waals surface area contributed by atoms with Gasteiger partial charge in [-0.1, -0.05) is 212 Å². The SMILES string of the molecule is c1ccc(C2(c3ccccc3)c3ccccc3-c3ccc(N(c4ccc(-c5cccc6ccccc56)cc4)c4ccccc4-c4cc5ccccc5c5ccccc45)cc32)cc1. The van der Waals surface area contributed by atoms with Crippen molar-refractivity contribution >= 4 is 49.4 Å². The highest BCUT2D eigenvalue weighted by Crippen LogP contribution is 2.57. The maximum Gasteiger partial charge on any atom is 0.0714 e. The van der Waals surface area contributed by atoms with Crippen LogP contribution in [0.1, 0.15) is 22.3 Å². The maximum absolute atomic E-state index is 2.48. The van der Waals surface area contributed by atoms with Crippen LogP contribution in [0.5, 0.6) is 0 Å². The van der Waals surface area contributed by atoms with Crippen molar-refractivity contribution in [2.45, 2.75) is 5.41 Å². The van der Waals surface area contributed by atoms with Gasteiger partial charge in [0.1, 0.15) is 0 Å². The molecule has 0 bridgehead atoms. The fraction of sp³-hybridized carbons (Fsp3) is 0.0164. The summed E-state index contributed by atoms with van der Waals surface area (Å²) in [4.78, 5) is 2.48. The van der Waals surface area contributed by atoms with Gasteiger partial charge in [0.15, 0.2) is 0 Å². The van der Waals surface area contributed by atoms with Crippen LogP contribution in [0.3, 0.4) is 0 Å². The van der Waals surface area contributed by atoms with E-state index in [1.165, 1.54) is 88.0 Å². The summed E-state index contributed by atoms with van der Waals surface area (Å²) < 4.78 is 0. The quantitative estimate of drug-likeness (QED) is 0.145. The number of nitrogens with zero attached hydrogens (tertiary/aromatic N) is 1. The molecule has 1 heteroatoms. The number of hydrogen-bond acceptors (Lipinski definition) is 1. The molecule has 0 spiro atoms. The van der Waals surface area contributed by atoms with Gasteiger partial charge in [0.05, 0.1) is 11.1 Å². The van der Waals surface area contributed by atoms with E-state index in [0.29, 0.717) is 0 Å². The molecule has 11 aromatic rings. The summed E-state index contributed by atoms with van der Waals surface area (Å²) in [6.07, 6.45) is 0. The molecule has 0 unspecified atom stereocenters. The van der Waals surface area contributed by atoms with E-state index in [1.807, 2.05) is 0 Å². The molecular formula is C61H41N. The third-order valence-corrected chi connectivity index (χ3v) is 13.1. The molecule has 290 valence electrons. The maximum atomic E-state index is 2.48. The first-order valence-electron chi connectivity index (χ1n) is 21.5. The monoisotopic (exact) mass is 787 g/mol. The van der Waals surface area contributed by atoms with Gasteiger partial charge in [0.25, 0.3) is 0 Å². The Morgan fingerprint density at radius 3 is 1.56 bits per heavy atom. The van der Waals surface area contributed by atoms with Crippen molar-refractivity contribution in [1.82, 2.24) is 0 Å². The molecule has 62 heavy (non-hydrogen) atoms. The average Bonchev–Trinajstić information content (AvgIpc) is 3.65. The molecule has 1 aliphatic carbocycles. The first kappa shape index (κ1) is 35.9. The first-order valence-corrected chi connectivity index (χ1v) is 21.5. The molecule has 0 atom stereocenters. The zero-order valence-electron chi connectivity index (χ0n) is 34.1. The lowest BCUT2D eigenvalue weighted by molar-refractivity contribution is 0.768. The van der Waals surface area contributed by atoms with E-state index in [-0.39, 0.29) is 0 Å². The lowest BCUT2D eigenvalue weighted by atomic mass is 9.67. The molecule has 12 rings (SSSR count). The third-order valence-electron chi connectivity index (χ3n) is 13.1. The molecule has 0 radical (unpaired) electrons. The molecular weight excluding hydrogens is 747 g/mol. The highest BCUT2D eigenvalue weighted by Gasteiger charge is 2.46. The van der Waals surface area contributed by atoms with Crippen LogP contribution in [0.2, 0.25) is 0 Å². The largest absolute Gasteiger partial charge is 0.310 e. The first-order chi connectivity index (χ1) is 30.8. The molecule has 0 saturated carbocycles. The molecule has 0 N–H and O–H groups in total. The van der Waals surface area contributed by atoms with E-state index in [2.05, 4.69) is 254 Å². The number of rotatable bonds is 7. The lowest BCUT2D eigenvalue weighted by Gasteiger charge is -2.35. The van der Waals surface area contributed by atoms with Crippen molar-refractivity contribution in [1.29, 1.82) is 0 Å². The summed E-state index contributed by atoms with van der Waals surface area (Å²) in [6.45, 7) is 0. The Morgan fingerprint density at radius 2 is 0.806 bits per heavy atom. The average molecular weight is 788 g/mol. The second-order valence-corrected chi connectivity index (χ2v) is 16.4. The predicted molar refractivity (Wildman–Crippen MR) is 262 cm³/mol. The Hall–Kier alpha value is -8.00. The molecule has 1 aliphatic rings. The van der Waals surface area contributed by atoms with Crippen LogP contribution in [0.15, 0.2) is 249 Å². The Balaban J connectivity index is 1.12. The normalized spacial score (nSPS) is 12.6. The van der Waals surface area contributed by atoms with Gasteiger partial charge in [-0.05, 0) is 119 Å². The van der Waals surface area contributed by atoms with Gasteiger partial charge in [-0.2, -0.15) is 0 Å². The van der Waals surface area contributed by atoms with Gasteiger partial charge in [0, 0.05) is 16.9 Å². The van der Waals surface area contributed by atoms with Gasteiger partial charge in [-0.25, -0.2) is 0 Å². The van der Waals surface area contributed by atoms with E-state index >= 15 is 0 Å². The van der Waals surface area contributed by atoms with Gasteiger partial charge in [0.2, 0.25) is 0 Å². The standard InChI is InChI=1S/C61H41N/c1-3-21-45(22-4-1)61(46-23-5-2-6-24-46)58-32-15-13-29-54(58)55-39-38-48(41-59(55)61)62(47-36-34-43(35-37-47)50-31-17-20-42-18-7-9-25-49(42)50)60-33-16-14-30-56(60)57-40-44-19-8-10-26-51(44)52-27-11-12-28-53(52)57/h1-41H. The van der Waals surface area contributed by atoms with Crippen molar-refractivity contribution in [2.24, 2.45) is 0 Å². The molecule has 11 aromatic carbocycles. The van der Waals surface area contributed by atoms with Crippen LogP contribution in [-0.2, 0) is 5.41 Å². The second-order valence-electron chi connectivity index (χ2n) is 16.4. The summed E-state index contributed by atoms with van der Waals surface area (Å²) in [5.41, 5.74) is 15.2. The van der Waals surface area contributed by atoms with Crippen LogP contribution in [-0.4, -0.2) is 0 Å². The Bertz CT molecular complexity index is 3410. The van der Waals surface area contributed by atoms with E-state index in [9.17, 15) is 0 Å². The van der Waals surface area contributed by atoms with Crippen LogP contribution in [0.4, 0.5) is 17.1 Å². The molecule has 0 saturated heterocycles. The second kappa shape index (κ2) is 14.6. The molecule has 0 amide bonds. The van der Waals surface area contributed by atoms with Crippen LogP contribution >= 0.6 is 0 Å². The topological polar surface area (TPSA) is 3.24 Å². The van der Waals surface area contributed by atoms with Crippen molar-refractivity contribution in [3.05, 3.63) is 271 Å². The fourth-order valence-electron chi connectivity index (χ4n) is 10.4. The van der Waals surface area contributed by atoms with Crippen LogP contribution in [0.25, 0.3) is 65.7 Å². The van der Waals surface area contributed by atoms with Gasteiger partial charge in [-0.3, -0.25) is 0 Å². The number of hydrogen-bond donors (Lipinski definition) is 0. The molecule has 0 aliphatic heterocycles. The number of fused-ring (bicyclic) bond motifs is 7. The smallest absolute Gasteiger partial charge is 0.0714 e. The summed E-state index contributed by atoms with van der Waals surface area (Å²) in [5, 5.41) is 7.49. The summed E-state index contributed by atoms with van der Waals surface area (Å²) in [5.74, 6) is 0. The van der Waals surface area contributed by atoms with Crippen molar-refractivity contribution < 1.29 is 0 Å². The minimum Gasteiger partial charge on any atom is -0.310 e. The molecule has 1 nitrogen and oxygen atoms in total. The van der Waals surface area contributed by atoms with Gasteiger partial charge in [-0.15, -0.1) is 0 Å². The molecule has 0 fully saturated rings. The predicted octanol–water partition coefficient (Wildman–Crippen LogP) is 16.3. The van der Waals surface area contributed by atoms with Crippen molar-refractivity contribution in [3.63, 3.8) is 0 Å². The Labute approximate surface area is 362 Å². The van der Waals surface area contributed by atoms with Crippen molar-refractivity contribution in [2.75, 3.05) is 4.90 Å². The highest BCUT2D eigenvalue weighted by atomic mass is 15.1. The van der Waals surface area contributed by atoms with Crippen molar-refractivity contribution in [3.8, 4) is 33.4 Å². The minimum absolute atomic E-state index is 0.525. The lowest BCUT2D eigenvalue weighted by Crippen LogP contribution is -2.28. The van der Waals surface area contributed by atoms with E-state index in [1.54, 1.807) is 0 Å². The molecule has 0 heterocycles. The summed E-state index contributed by atoms with van der Waals surface area (Å²) in [6, 6.07) is 91.7. The number of anilines is 3. The summed E-state index contributed by atoms with van der Waals surface area (Å²) in [7, 11) is 0. The van der Waals surface area contributed by atoms with Crippen LogP contribution in [0, 0.1) is 0 Å². The van der Waals surface area contributed by atoms with E-state index < -0.39 is 5.41 Å². The number of benzene rings is 11. The van der Waals surface area contributed by atoms with Crippen LogP contribution < -0.4 is 4.90 Å². The third kappa shape index (κ3) is 5.56. The fourth-order valence-corrected chi connectivity index (χ4v) is 10.4.